The summed E-state index contributed by atoms with van der Waals surface area (Å²) < 4.78 is 2.00. The Kier molecular flexibility index (Phi) is 6.53. The second kappa shape index (κ2) is 10.0. The van der Waals surface area contributed by atoms with Crippen LogP contribution in [-0.2, 0) is 6.54 Å². The molecule has 2 aromatic heterocycles. The Morgan fingerprint density at radius 2 is 1.88 bits per heavy atom. The van der Waals surface area contributed by atoms with Crippen LogP contribution in [0.4, 0.5) is 5.82 Å². The van der Waals surface area contributed by atoms with Crippen LogP contribution < -0.4 is 10.2 Å². The molecule has 5 rings (SSSR count). The van der Waals surface area contributed by atoms with Gasteiger partial charge in [0.2, 0.25) is 0 Å². The molecule has 1 N–H and O–H groups in total. The molecule has 2 aromatic carbocycles. The minimum atomic E-state index is -0.0904. The molecule has 1 fully saturated rings. The molecule has 4 aromatic rings. The SMILES string of the molecule is O=C(NCCCn1ccnc1)c1ccc2nc(-c3ccccc3)c(N3CCSCC3)nc2c1. The van der Waals surface area contributed by atoms with E-state index in [0.717, 1.165) is 65.7 Å². The highest BCUT2D eigenvalue weighted by molar-refractivity contribution is 7.99. The summed E-state index contributed by atoms with van der Waals surface area (Å²) in [6, 6.07) is 15.8. The largest absolute Gasteiger partial charge is 0.353 e. The molecule has 0 bridgehead atoms. The maximum absolute atomic E-state index is 12.7. The van der Waals surface area contributed by atoms with Gasteiger partial charge in [-0.3, -0.25) is 4.79 Å². The lowest BCUT2D eigenvalue weighted by molar-refractivity contribution is 0.0953. The minimum Gasteiger partial charge on any atom is -0.353 e. The smallest absolute Gasteiger partial charge is 0.251 e. The van der Waals surface area contributed by atoms with Gasteiger partial charge in [-0.15, -0.1) is 0 Å². The Hall–Kier alpha value is -3.39. The van der Waals surface area contributed by atoms with E-state index in [1.807, 2.05) is 58.9 Å². The summed E-state index contributed by atoms with van der Waals surface area (Å²) in [5.74, 6) is 2.96. The van der Waals surface area contributed by atoms with Gasteiger partial charge in [0.15, 0.2) is 5.82 Å². The lowest BCUT2D eigenvalue weighted by Crippen LogP contribution is -2.33. The number of rotatable bonds is 7. The third kappa shape index (κ3) is 5.01. The molecule has 0 saturated carbocycles. The van der Waals surface area contributed by atoms with Crippen molar-refractivity contribution in [1.82, 2.24) is 24.8 Å². The molecular formula is C25H26N6OS. The number of imidazole rings is 1. The van der Waals surface area contributed by atoms with E-state index in [1.165, 1.54) is 0 Å². The molecule has 0 atom stereocenters. The summed E-state index contributed by atoms with van der Waals surface area (Å²) >= 11 is 1.97. The summed E-state index contributed by atoms with van der Waals surface area (Å²) in [7, 11) is 0. The molecule has 1 saturated heterocycles. The summed E-state index contributed by atoms with van der Waals surface area (Å²) in [4.78, 5) is 29.1. The van der Waals surface area contributed by atoms with E-state index in [9.17, 15) is 4.79 Å². The van der Waals surface area contributed by atoms with Gasteiger partial charge in [0.1, 0.15) is 5.69 Å². The third-order valence-corrected chi connectivity index (χ3v) is 6.65. The number of fused-ring (bicyclic) bond motifs is 1. The Labute approximate surface area is 197 Å². The predicted octanol–water partition coefficient (Wildman–Crippen LogP) is 3.87. The first-order valence-electron chi connectivity index (χ1n) is 11.2. The average molecular weight is 459 g/mol. The first-order valence-corrected chi connectivity index (χ1v) is 12.4. The van der Waals surface area contributed by atoms with Crippen molar-refractivity contribution in [3.05, 3.63) is 72.8 Å². The number of hydrogen-bond donors (Lipinski definition) is 1. The maximum atomic E-state index is 12.7. The topological polar surface area (TPSA) is 75.9 Å². The first-order chi connectivity index (χ1) is 16.3. The molecule has 0 aliphatic carbocycles. The van der Waals surface area contributed by atoms with E-state index in [4.69, 9.17) is 9.97 Å². The number of aryl methyl sites for hydroxylation is 1. The number of nitrogens with one attached hydrogen (secondary N) is 1. The quantitative estimate of drug-likeness (QED) is 0.424. The fourth-order valence-electron chi connectivity index (χ4n) is 3.96. The number of thioether (sulfide) groups is 1. The van der Waals surface area contributed by atoms with Crippen molar-refractivity contribution in [1.29, 1.82) is 0 Å². The summed E-state index contributed by atoms with van der Waals surface area (Å²) in [5.41, 5.74) is 4.09. The standard InChI is InChI=1S/C25H26N6OS/c32-25(27-9-4-11-30-12-10-26-18-30)20-7-8-21-22(17-20)29-24(31-13-15-33-16-14-31)23(28-21)19-5-2-1-3-6-19/h1-3,5-8,10,12,17-18H,4,9,11,13-16H2,(H,27,32). The van der Waals surface area contributed by atoms with E-state index < -0.39 is 0 Å². The predicted molar refractivity (Wildman–Crippen MR) is 134 cm³/mol. The molecule has 0 spiro atoms. The lowest BCUT2D eigenvalue weighted by Gasteiger charge is -2.29. The van der Waals surface area contributed by atoms with Crippen molar-refractivity contribution in [2.75, 3.05) is 36.0 Å². The van der Waals surface area contributed by atoms with Crippen LogP contribution in [0.3, 0.4) is 0 Å². The van der Waals surface area contributed by atoms with Crippen molar-refractivity contribution in [2.45, 2.75) is 13.0 Å². The van der Waals surface area contributed by atoms with Crippen molar-refractivity contribution in [3.8, 4) is 11.3 Å². The van der Waals surface area contributed by atoms with Crippen LogP contribution >= 0.6 is 11.8 Å². The number of hydrogen-bond acceptors (Lipinski definition) is 6. The number of aromatic nitrogens is 4. The number of amides is 1. The van der Waals surface area contributed by atoms with E-state index in [2.05, 4.69) is 27.3 Å². The third-order valence-electron chi connectivity index (χ3n) is 5.70. The fourth-order valence-corrected chi connectivity index (χ4v) is 4.86. The van der Waals surface area contributed by atoms with Gasteiger partial charge < -0.3 is 14.8 Å². The number of nitrogens with zero attached hydrogens (tertiary/aromatic N) is 5. The van der Waals surface area contributed by atoms with Crippen LogP contribution in [0.1, 0.15) is 16.8 Å². The normalized spacial score (nSPS) is 13.9. The second-order valence-corrected chi connectivity index (χ2v) is 9.20. The van der Waals surface area contributed by atoms with E-state index in [1.54, 1.807) is 12.5 Å². The van der Waals surface area contributed by atoms with Crippen molar-refractivity contribution in [2.24, 2.45) is 0 Å². The molecule has 1 amide bonds. The molecule has 0 radical (unpaired) electrons. The number of benzene rings is 2. The molecule has 3 heterocycles. The Morgan fingerprint density at radius 1 is 1.03 bits per heavy atom. The van der Waals surface area contributed by atoms with Gasteiger partial charge in [0, 0.05) is 61.2 Å². The summed E-state index contributed by atoms with van der Waals surface area (Å²) in [5, 5.41) is 3.01. The number of carbonyl (C=O) groups excluding carboxylic acids is 1. The Morgan fingerprint density at radius 3 is 2.67 bits per heavy atom. The van der Waals surface area contributed by atoms with Crippen molar-refractivity contribution in [3.63, 3.8) is 0 Å². The highest BCUT2D eigenvalue weighted by Crippen LogP contribution is 2.31. The molecule has 0 unspecified atom stereocenters. The van der Waals surface area contributed by atoms with Crippen LogP contribution in [0.25, 0.3) is 22.3 Å². The molecule has 33 heavy (non-hydrogen) atoms. The Bertz CT molecular complexity index is 1220. The molecule has 1 aliphatic heterocycles. The van der Waals surface area contributed by atoms with Gasteiger partial charge in [-0.2, -0.15) is 11.8 Å². The summed E-state index contributed by atoms with van der Waals surface area (Å²) in [6.45, 7) is 3.32. The number of anilines is 1. The van der Waals surface area contributed by atoms with Crippen molar-refractivity contribution < 1.29 is 4.79 Å². The first kappa shape index (κ1) is 21.5. The molecule has 7 nitrogen and oxygen atoms in total. The fraction of sp³-hybridized carbons (Fsp3) is 0.280. The van der Waals surface area contributed by atoms with Gasteiger partial charge in [0.25, 0.3) is 5.91 Å². The van der Waals surface area contributed by atoms with Crippen LogP contribution in [0, 0.1) is 0 Å². The summed E-state index contributed by atoms with van der Waals surface area (Å²) in [6.07, 6.45) is 6.31. The van der Waals surface area contributed by atoms with Gasteiger partial charge in [0.05, 0.1) is 17.4 Å². The van der Waals surface area contributed by atoms with Crippen LogP contribution in [0.5, 0.6) is 0 Å². The van der Waals surface area contributed by atoms with Gasteiger partial charge in [-0.25, -0.2) is 15.0 Å². The monoisotopic (exact) mass is 458 g/mol. The van der Waals surface area contributed by atoms with Gasteiger partial charge >= 0.3 is 0 Å². The van der Waals surface area contributed by atoms with Crippen LogP contribution in [0.2, 0.25) is 0 Å². The number of carbonyl (C=O) groups is 1. The molecule has 168 valence electrons. The second-order valence-electron chi connectivity index (χ2n) is 7.97. The van der Waals surface area contributed by atoms with Crippen LogP contribution in [-0.4, -0.2) is 56.6 Å². The zero-order chi connectivity index (χ0) is 22.5. The molecule has 8 heteroatoms. The molecule has 1 aliphatic rings. The van der Waals surface area contributed by atoms with Gasteiger partial charge in [-0.05, 0) is 24.6 Å². The van der Waals surface area contributed by atoms with Crippen LogP contribution in [0.15, 0.2) is 67.3 Å². The average Bonchev–Trinajstić information content (AvgIpc) is 3.40. The molecular weight excluding hydrogens is 432 g/mol. The minimum absolute atomic E-state index is 0.0904. The van der Waals surface area contributed by atoms with E-state index in [0.29, 0.717) is 12.1 Å². The highest BCUT2D eigenvalue weighted by atomic mass is 32.2. The maximum Gasteiger partial charge on any atom is 0.251 e. The lowest BCUT2D eigenvalue weighted by atomic mass is 10.1. The zero-order valence-electron chi connectivity index (χ0n) is 18.4. The van der Waals surface area contributed by atoms with E-state index >= 15 is 0 Å². The highest BCUT2D eigenvalue weighted by Gasteiger charge is 2.20. The van der Waals surface area contributed by atoms with Crippen molar-refractivity contribution >= 4 is 34.5 Å². The van der Waals surface area contributed by atoms with Gasteiger partial charge in [-0.1, -0.05) is 30.3 Å². The van der Waals surface area contributed by atoms with E-state index in [-0.39, 0.29) is 5.91 Å². The Balaban J connectivity index is 1.39. The zero-order valence-corrected chi connectivity index (χ0v) is 19.2.